The van der Waals surface area contributed by atoms with Gasteiger partial charge in [-0.1, -0.05) is 89.9 Å². The molecule has 0 saturated heterocycles. The first-order valence-electron chi connectivity index (χ1n) is 10.2. The summed E-state index contributed by atoms with van der Waals surface area (Å²) in [6.45, 7) is 0. The lowest BCUT2D eigenvalue weighted by molar-refractivity contribution is -0.137. The van der Waals surface area contributed by atoms with Crippen molar-refractivity contribution in [2.45, 2.75) is 116 Å². The summed E-state index contributed by atoms with van der Waals surface area (Å²) in [6.07, 6.45) is 20.1. The van der Waals surface area contributed by atoms with Crippen LogP contribution in [0.1, 0.15) is 116 Å². The van der Waals surface area contributed by atoms with Crippen molar-refractivity contribution in [2.75, 3.05) is 0 Å². The highest BCUT2D eigenvalue weighted by atomic mass is 35.5. The molecule has 0 saturated carbocycles. The normalized spacial score (nSPS) is 10.8. The van der Waals surface area contributed by atoms with E-state index in [1.54, 1.807) is 0 Å². The zero-order chi connectivity index (χ0) is 18.6. The molecule has 5 heteroatoms. The van der Waals surface area contributed by atoms with Crippen LogP contribution in [0.25, 0.3) is 0 Å². The highest BCUT2D eigenvalue weighted by molar-refractivity contribution is 6.13. The molecule has 0 spiro atoms. The van der Waals surface area contributed by atoms with Crippen molar-refractivity contribution in [3.8, 4) is 0 Å². The van der Waals surface area contributed by atoms with Crippen LogP contribution >= 0.6 is 11.9 Å². The van der Waals surface area contributed by atoms with Crippen LogP contribution in [-0.4, -0.2) is 17.0 Å². The lowest BCUT2D eigenvalue weighted by atomic mass is 10.0. The van der Waals surface area contributed by atoms with E-state index in [1.807, 2.05) is 0 Å². The molecule has 0 bridgehead atoms. The topological polar surface area (TPSA) is 63.6 Å². The summed E-state index contributed by atoms with van der Waals surface area (Å²) < 4.78 is 4.10. The number of rotatable bonds is 19. The molecule has 148 valence electrons. The standard InChI is InChI=1S/C20H37ClO4/c21-25-20(24)18-16-14-12-10-8-6-4-2-1-3-5-7-9-11-13-15-17-19(22)23/h1-18H2,(H,22,23). The first-order chi connectivity index (χ1) is 12.2. The minimum Gasteiger partial charge on any atom is -0.481 e. The molecule has 0 aromatic rings. The van der Waals surface area contributed by atoms with Gasteiger partial charge in [-0.3, -0.25) is 9.59 Å². The van der Waals surface area contributed by atoms with E-state index in [4.69, 9.17) is 17.0 Å². The Bertz CT molecular complexity index is 321. The molecule has 1 N–H and O–H groups in total. The molecule has 0 amide bonds. The van der Waals surface area contributed by atoms with Crippen LogP contribution in [0, 0.1) is 0 Å². The van der Waals surface area contributed by atoms with E-state index in [9.17, 15) is 9.59 Å². The van der Waals surface area contributed by atoms with Crippen LogP contribution in [-0.2, 0) is 13.9 Å². The summed E-state index contributed by atoms with van der Waals surface area (Å²) in [5.41, 5.74) is 0. The maximum atomic E-state index is 10.8. The van der Waals surface area contributed by atoms with Crippen molar-refractivity contribution in [1.82, 2.24) is 0 Å². The molecular weight excluding hydrogens is 340 g/mol. The highest BCUT2D eigenvalue weighted by Crippen LogP contribution is 2.14. The molecule has 0 fully saturated rings. The van der Waals surface area contributed by atoms with Gasteiger partial charge in [0.1, 0.15) is 11.9 Å². The molecule has 0 rings (SSSR count). The third-order valence-corrected chi connectivity index (χ3v) is 4.78. The summed E-state index contributed by atoms with van der Waals surface area (Å²) in [5.74, 6) is -0.992. The maximum Gasteiger partial charge on any atom is 0.324 e. The molecule has 0 heterocycles. The number of hydrogen-bond donors (Lipinski definition) is 1. The van der Waals surface area contributed by atoms with E-state index in [0.717, 1.165) is 25.7 Å². The Morgan fingerprint density at radius 2 is 0.840 bits per heavy atom. The van der Waals surface area contributed by atoms with Crippen LogP contribution in [0.4, 0.5) is 0 Å². The third-order valence-electron chi connectivity index (χ3n) is 4.61. The average molecular weight is 377 g/mol. The molecule has 0 aliphatic carbocycles. The van der Waals surface area contributed by atoms with Gasteiger partial charge >= 0.3 is 11.9 Å². The second-order valence-electron chi connectivity index (χ2n) is 7.00. The van der Waals surface area contributed by atoms with Crippen LogP contribution in [0.5, 0.6) is 0 Å². The van der Waals surface area contributed by atoms with Gasteiger partial charge in [-0.15, -0.1) is 0 Å². The van der Waals surface area contributed by atoms with E-state index < -0.39 is 5.97 Å². The van der Waals surface area contributed by atoms with Crippen molar-refractivity contribution in [3.05, 3.63) is 0 Å². The minimum atomic E-state index is -0.672. The fourth-order valence-electron chi connectivity index (χ4n) is 3.06. The van der Waals surface area contributed by atoms with E-state index >= 15 is 0 Å². The number of carbonyl (C=O) groups is 2. The summed E-state index contributed by atoms with van der Waals surface area (Å²) in [6, 6.07) is 0. The van der Waals surface area contributed by atoms with Crippen LogP contribution < -0.4 is 0 Å². The average Bonchev–Trinajstić information content (AvgIpc) is 2.60. The van der Waals surface area contributed by atoms with Gasteiger partial charge in [0.05, 0.1) is 0 Å². The van der Waals surface area contributed by atoms with Gasteiger partial charge in [0, 0.05) is 12.8 Å². The molecule has 0 aliphatic rings. The first-order valence-corrected chi connectivity index (χ1v) is 10.5. The molecule has 0 aromatic heterocycles. The van der Waals surface area contributed by atoms with Crippen molar-refractivity contribution in [1.29, 1.82) is 0 Å². The Morgan fingerprint density at radius 3 is 1.12 bits per heavy atom. The number of carbonyl (C=O) groups excluding carboxylic acids is 1. The molecule has 4 nitrogen and oxygen atoms in total. The van der Waals surface area contributed by atoms with Crippen molar-refractivity contribution in [3.63, 3.8) is 0 Å². The second-order valence-corrected chi connectivity index (χ2v) is 7.15. The molecular formula is C20H37ClO4. The first kappa shape index (κ1) is 24.2. The Kier molecular flexibility index (Phi) is 19.0. The van der Waals surface area contributed by atoms with E-state index in [0.29, 0.717) is 12.8 Å². The predicted octanol–water partition coefficient (Wildman–Crippen LogP) is 6.79. The van der Waals surface area contributed by atoms with Crippen LogP contribution in [0.2, 0.25) is 0 Å². The lowest BCUT2D eigenvalue weighted by Gasteiger charge is -2.03. The summed E-state index contributed by atoms with van der Waals surface area (Å²) in [4.78, 5) is 21.2. The molecule has 0 radical (unpaired) electrons. The Hall–Kier alpha value is -0.770. The van der Waals surface area contributed by atoms with Crippen LogP contribution in [0.15, 0.2) is 0 Å². The summed E-state index contributed by atoms with van der Waals surface area (Å²) >= 11 is 4.97. The quantitative estimate of drug-likeness (QED) is 0.252. The smallest absolute Gasteiger partial charge is 0.324 e. The number of halogens is 1. The minimum absolute atomic E-state index is 0.320. The predicted molar refractivity (Wildman–Crippen MR) is 103 cm³/mol. The maximum absolute atomic E-state index is 10.8. The van der Waals surface area contributed by atoms with Crippen molar-refractivity contribution >= 4 is 23.8 Å². The Labute approximate surface area is 158 Å². The van der Waals surface area contributed by atoms with Gasteiger partial charge in [-0.2, -0.15) is 0 Å². The monoisotopic (exact) mass is 376 g/mol. The number of carboxylic acid groups (broad SMARTS) is 1. The van der Waals surface area contributed by atoms with Crippen LogP contribution in [0.3, 0.4) is 0 Å². The Morgan fingerprint density at radius 1 is 0.560 bits per heavy atom. The Balaban J connectivity index is 3.03. The molecule has 0 aromatic carbocycles. The zero-order valence-electron chi connectivity index (χ0n) is 15.8. The van der Waals surface area contributed by atoms with E-state index in [-0.39, 0.29) is 5.97 Å². The summed E-state index contributed by atoms with van der Waals surface area (Å²) in [5, 5.41) is 8.55. The zero-order valence-corrected chi connectivity index (χ0v) is 16.5. The summed E-state index contributed by atoms with van der Waals surface area (Å²) in [7, 11) is 0. The van der Waals surface area contributed by atoms with E-state index in [1.165, 1.54) is 77.0 Å². The van der Waals surface area contributed by atoms with Gasteiger partial charge in [0.25, 0.3) is 0 Å². The van der Waals surface area contributed by atoms with Crippen molar-refractivity contribution < 1.29 is 19.0 Å². The fourth-order valence-corrected chi connectivity index (χ4v) is 3.14. The lowest BCUT2D eigenvalue weighted by Crippen LogP contribution is -1.95. The van der Waals surface area contributed by atoms with Gasteiger partial charge in [-0.05, 0) is 12.8 Å². The van der Waals surface area contributed by atoms with E-state index in [2.05, 4.69) is 4.29 Å². The molecule has 25 heavy (non-hydrogen) atoms. The number of unbranched alkanes of at least 4 members (excludes halogenated alkanes) is 15. The number of carboxylic acids is 1. The molecule has 0 aliphatic heterocycles. The largest absolute Gasteiger partial charge is 0.481 e. The van der Waals surface area contributed by atoms with Gasteiger partial charge < -0.3 is 9.40 Å². The number of aliphatic carboxylic acids is 1. The van der Waals surface area contributed by atoms with Crippen molar-refractivity contribution in [2.24, 2.45) is 0 Å². The second kappa shape index (κ2) is 19.6. The van der Waals surface area contributed by atoms with Gasteiger partial charge in [0.15, 0.2) is 0 Å². The molecule has 0 atom stereocenters. The van der Waals surface area contributed by atoms with Gasteiger partial charge in [-0.25, -0.2) is 0 Å². The third kappa shape index (κ3) is 21.2. The van der Waals surface area contributed by atoms with Gasteiger partial charge in [0.2, 0.25) is 0 Å². The number of hydrogen-bond acceptors (Lipinski definition) is 3. The fraction of sp³-hybridized carbons (Fsp3) is 0.900. The SMILES string of the molecule is O=C(O)CCCCCCCCCCCCCCCCCCC(=O)OCl. The molecule has 0 unspecified atom stereocenters. The highest BCUT2D eigenvalue weighted by Gasteiger charge is 2.00.